The maximum absolute atomic E-state index is 5.40. The van der Waals surface area contributed by atoms with Crippen LogP contribution in [0.3, 0.4) is 0 Å². The van der Waals surface area contributed by atoms with Gasteiger partial charge < -0.3 is 14.9 Å². The monoisotopic (exact) mass is 530 g/mol. The average molecular weight is 531 g/mol. The zero-order valence-corrected chi connectivity index (χ0v) is 22.4. The Kier molecular flexibility index (Phi) is 5.39. The first-order valence-electron chi connectivity index (χ1n) is 13.4. The van der Waals surface area contributed by atoms with Gasteiger partial charge in [-0.1, -0.05) is 109 Å². The van der Waals surface area contributed by atoms with E-state index in [-0.39, 0.29) is 6.04 Å². The molecule has 7 aromatic rings. The van der Waals surface area contributed by atoms with Gasteiger partial charge >= 0.3 is 0 Å². The van der Waals surface area contributed by atoms with Crippen LogP contribution in [0, 0.1) is 0 Å². The molecule has 1 unspecified atom stereocenters. The van der Waals surface area contributed by atoms with Crippen molar-refractivity contribution in [3.8, 4) is 22.3 Å². The third-order valence-electron chi connectivity index (χ3n) is 7.70. The smallest absolute Gasteiger partial charge is 0.0440 e. The zero-order valence-electron chi connectivity index (χ0n) is 21.6. The second kappa shape index (κ2) is 9.37. The minimum absolute atomic E-state index is 0.167. The van der Waals surface area contributed by atoms with E-state index >= 15 is 0 Å². The molecule has 3 heterocycles. The number of aliphatic imine (C=N–C) groups is 1. The van der Waals surface area contributed by atoms with Crippen LogP contribution in [0.2, 0.25) is 0 Å². The molecular weight excluding hydrogens is 506 g/mol. The fourth-order valence-electron chi connectivity index (χ4n) is 5.82. The van der Waals surface area contributed by atoms with Gasteiger partial charge in [-0.25, -0.2) is 0 Å². The number of hydrogen-bond acceptors (Lipinski definition) is 2. The van der Waals surface area contributed by atoms with Gasteiger partial charge in [-0.3, -0.25) is 0 Å². The molecular formula is C36H24N3S-. The van der Waals surface area contributed by atoms with Crippen molar-refractivity contribution in [3.63, 3.8) is 0 Å². The first-order chi connectivity index (χ1) is 19.8. The molecule has 190 valence electrons. The van der Waals surface area contributed by atoms with Crippen LogP contribution in [0.4, 0.5) is 5.69 Å². The molecule has 40 heavy (non-hydrogen) atoms. The molecule has 0 amide bonds. The number of thiophene rings is 1. The lowest BCUT2D eigenvalue weighted by Crippen LogP contribution is -2.17. The largest absolute Gasteiger partial charge is 0.380 e. The Morgan fingerprint density at radius 3 is 1.73 bits per heavy atom. The Balaban J connectivity index is 1.33. The maximum Gasteiger partial charge on any atom is 0.0440 e. The van der Waals surface area contributed by atoms with Crippen LogP contribution in [0.1, 0.15) is 17.2 Å². The van der Waals surface area contributed by atoms with Crippen molar-refractivity contribution in [1.82, 2.24) is 4.57 Å². The molecule has 5 aromatic carbocycles. The van der Waals surface area contributed by atoms with Gasteiger partial charge in [-0.15, -0.1) is 0 Å². The molecule has 4 heteroatoms. The van der Waals surface area contributed by atoms with E-state index in [1.54, 1.807) is 11.3 Å². The normalized spacial score (nSPS) is 14.6. The van der Waals surface area contributed by atoms with Crippen molar-refractivity contribution in [2.45, 2.75) is 6.04 Å². The van der Waals surface area contributed by atoms with Crippen LogP contribution >= 0.6 is 11.3 Å². The minimum atomic E-state index is -0.167. The van der Waals surface area contributed by atoms with Crippen molar-refractivity contribution in [1.29, 1.82) is 0 Å². The SMILES string of the molecule is c1ccc(-c2cc(-c3ccccc3)cc(C3[N-]C(n4c5ccccc5c5ccccc54)=Nc4cscc43)c2)cc1. The number of rotatable bonds is 3. The Morgan fingerprint density at radius 2 is 1.12 bits per heavy atom. The minimum Gasteiger partial charge on any atom is -0.380 e. The Bertz CT molecular complexity index is 1920. The van der Waals surface area contributed by atoms with Crippen molar-refractivity contribution >= 4 is 44.8 Å². The molecule has 0 saturated carbocycles. The molecule has 3 nitrogen and oxygen atoms in total. The molecule has 0 spiro atoms. The first-order valence-corrected chi connectivity index (χ1v) is 14.4. The van der Waals surface area contributed by atoms with E-state index in [1.807, 2.05) is 0 Å². The fraction of sp³-hybridized carbons (Fsp3) is 0.0278. The summed E-state index contributed by atoms with van der Waals surface area (Å²) in [7, 11) is 0. The highest BCUT2D eigenvalue weighted by Gasteiger charge is 2.23. The summed E-state index contributed by atoms with van der Waals surface area (Å²) >= 11 is 1.69. The fourth-order valence-corrected chi connectivity index (χ4v) is 6.60. The van der Waals surface area contributed by atoms with Crippen LogP contribution in [-0.4, -0.2) is 10.5 Å². The standard InChI is InChI=1S/C36H24N3S/c1-3-11-24(12-4-1)26-19-27(25-13-5-2-6-14-25)21-28(20-26)35-31-22-40-23-32(31)37-36(38-35)39-33-17-9-7-15-29(33)30-16-8-10-18-34(30)39/h1-23,35H/q-1. The van der Waals surface area contributed by atoms with Crippen molar-refractivity contribution < 1.29 is 0 Å². The molecule has 1 aliphatic heterocycles. The first kappa shape index (κ1) is 23.0. The van der Waals surface area contributed by atoms with Crippen LogP contribution in [0.15, 0.2) is 143 Å². The maximum atomic E-state index is 5.40. The number of hydrogen-bond donors (Lipinski definition) is 0. The van der Waals surface area contributed by atoms with Crippen LogP contribution in [0.5, 0.6) is 0 Å². The third-order valence-corrected chi connectivity index (χ3v) is 8.44. The molecule has 0 aliphatic carbocycles. The van der Waals surface area contributed by atoms with E-state index in [0.29, 0.717) is 0 Å². The van der Waals surface area contributed by atoms with E-state index in [1.165, 1.54) is 33.0 Å². The molecule has 0 N–H and O–H groups in total. The molecule has 0 radical (unpaired) electrons. The van der Waals surface area contributed by atoms with Gasteiger partial charge in [-0.05, 0) is 78.8 Å². The number of fused-ring (bicyclic) bond motifs is 4. The summed E-state index contributed by atoms with van der Waals surface area (Å²) in [5, 5.41) is 12.2. The summed E-state index contributed by atoms with van der Waals surface area (Å²) in [5.74, 6) is 0.722. The van der Waals surface area contributed by atoms with E-state index in [9.17, 15) is 0 Å². The number of nitrogens with zero attached hydrogens (tertiary/aromatic N) is 3. The summed E-state index contributed by atoms with van der Waals surface area (Å²) in [5.41, 5.74) is 10.3. The second-order valence-electron chi connectivity index (χ2n) is 10.1. The summed E-state index contributed by atoms with van der Waals surface area (Å²) < 4.78 is 2.22. The lowest BCUT2D eigenvalue weighted by molar-refractivity contribution is 0.973. The van der Waals surface area contributed by atoms with Gasteiger partial charge in [0.15, 0.2) is 0 Å². The molecule has 1 aliphatic rings. The summed E-state index contributed by atoms with van der Waals surface area (Å²) in [4.78, 5) is 5.11. The Morgan fingerprint density at radius 1 is 0.575 bits per heavy atom. The van der Waals surface area contributed by atoms with Gasteiger partial charge in [0.2, 0.25) is 0 Å². The lowest BCUT2D eigenvalue weighted by Gasteiger charge is -2.34. The van der Waals surface area contributed by atoms with Crippen molar-refractivity contribution in [2.75, 3.05) is 0 Å². The van der Waals surface area contributed by atoms with Gasteiger partial charge in [0.05, 0.1) is 0 Å². The highest BCUT2D eigenvalue weighted by atomic mass is 32.1. The predicted molar refractivity (Wildman–Crippen MR) is 169 cm³/mol. The second-order valence-corrected chi connectivity index (χ2v) is 10.8. The molecule has 0 bridgehead atoms. The molecule has 0 saturated heterocycles. The van der Waals surface area contributed by atoms with E-state index in [2.05, 4.69) is 143 Å². The Hall–Kier alpha value is -4.93. The summed E-state index contributed by atoms with van der Waals surface area (Å²) in [6, 6.07) is 45.0. The molecule has 2 aromatic heterocycles. The summed E-state index contributed by atoms with van der Waals surface area (Å²) in [6.07, 6.45) is 0. The number of aromatic nitrogens is 1. The average Bonchev–Trinajstić information content (AvgIpc) is 3.64. The van der Waals surface area contributed by atoms with Crippen LogP contribution < -0.4 is 0 Å². The van der Waals surface area contributed by atoms with Crippen LogP contribution in [0.25, 0.3) is 49.4 Å². The molecule has 1 atom stereocenters. The van der Waals surface area contributed by atoms with E-state index in [4.69, 9.17) is 10.3 Å². The van der Waals surface area contributed by atoms with E-state index < -0.39 is 0 Å². The van der Waals surface area contributed by atoms with Gasteiger partial charge in [0.1, 0.15) is 0 Å². The van der Waals surface area contributed by atoms with Crippen molar-refractivity contribution in [2.24, 2.45) is 4.99 Å². The zero-order chi connectivity index (χ0) is 26.5. The highest BCUT2D eigenvalue weighted by Crippen LogP contribution is 2.45. The van der Waals surface area contributed by atoms with Gasteiger partial charge in [-0.2, -0.15) is 11.3 Å². The van der Waals surface area contributed by atoms with Crippen LogP contribution in [-0.2, 0) is 0 Å². The van der Waals surface area contributed by atoms with Gasteiger partial charge in [0, 0.05) is 23.1 Å². The lowest BCUT2D eigenvalue weighted by atomic mass is 9.91. The number of benzene rings is 5. The Labute approximate surface area is 236 Å². The highest BCUT2D eigenvalue weighted by molar-refractivity contribution is 7.08. The topological polar surface area (TPSA) is 31.4 Å². The summed E-state index contributed by atoms with van der Waals surface area (Å²) in [6.45, 7) is 0. The van der Waals surface area contributed by atoms with Gasteiger partial charge in [0.25, 0.3) is 0 Å². The molecule has 0 fully saturated rings. The molecule has 8 rings (SSSR count). The van der Waals surface area contributed by atoms with Crippen molar-refractivity contribution in [3.05, 3.63) is 155 Å². The third kappa shape index (κ3) is 3.76. The van der Waals surface area contributed by atoms with E-state index in [0.717, 1.165) is 33.8 Å². The number of para-hydroxylation sites is 2. The quantitative estimate of drug-likeness (QED) is 0.218. The predicted octanol–water partition coefficient (Wildman–Crippen LogP) is 10.2.